The minimum atomic E-state index is -0.720. The Morgan fingerprint density at radius 2 is 1.93 bits per heavy atom. The van der Waals surface area contributed by atoms with E-state index in [1.165, 1.54) is 0 Å². The number of benzene rings is 1. The molecule has 30 heavy (non-hydrogen) atoms. The van der Waals surface area contributed by atoms with Gasteiger partial charge in [-0.3, -0.25) is 14.4 Å². The second-order valence-corrected chi connectivity index (χ2v) is 8.71. The van der Waals surface area contributed by atoms with Crippen molar-refractivity contribution in [1.29, 1.82) is 0 Å². The van der Waals surface area contributed by atoms with Crippen LogP contribution in [0.25, 0.3) is 0 Å². The maximum absolute atomic E-state index is 13.0. The topological polar surface area (TPSA) is 84.8 Å². The van der Waals surface area contributed by atoms with E-state index in [4.69, 9.17) is 4.84 Å². The highest BCUT2D eigenvalue weighted by molar-refractivity contribution is 6.39. The summed E-state index contributed by atoms with van der Waals surface area (Å²) in [6.07, 6.45) is 1.09. The lowest BCUT2D eigenvalue weighted by molar-refractivity contribution is -0.125. The number of aryl methyl sites for hydroxylation is 2. The summed E-state index contributed by atoms with van der Waals surface area (Å²) < 4.78 is 0. The molecule has 0 saturated heterocycles. The van der Waals surface area contributed by atoms with Crippen molar-refractivity contribution < 1.29 is 19.2 Å². The van der Waals surface area contributed by atoms with E-state index in [0.717, 1.165) is 22.3 Å². The molecule has 0 radical (unpaired) electrons. The summed E-state index contributed by atoms with van der Waals surface area (Å²) in [4.78, 5) is 43.2. The monoisotopic (exact) mass is 408 g/mol. The van der Waals surface area contributed by atoms with E-state index in [0.29, 0.717) is 25.1 Å². The number of Topliss-reactive ketones (excluding diaryl/α,β-unsaturated/α-hetero) is 2. The first-order chi connectivity index (χ1) is 14.1. The van der Waals surface area contributed by atoms with Crippen LogP contribution in [-0.4, -0.2) is 35.3 Å². The van der Waals surface area contributed by atoms with Crippen molar-refractivity contribution in [3.63, 3.8) is 0 Å². The second kappa shape index (κ2) is 8.43. The Bertz CT molecular complexity index is 971. The van der Waals surface area contributed by atoms with Gasteiger partial charge in [-0.1, -0.05) is 11.1 Å². The van der Waals surface area contributed by atoms with E-state index in [1.54, 1.807) is 6.92 Å². The molecular weight excluding hydrogens is 380 g/mol. The molecule has 1 aromatic rings. The SMILES string of the molecule is CC#Cc1cc(C)c(C2C(=O)CC(CCNC(=O)C3=NOC(C)(C)C3)C2=O)c(C)c1. The number of nitrogens with one attached hydrogen (secondary N) is 1. The molecule has 0 spiro atoms. The number of hydrogen-bond acceptors (Lipinski definition) is 5. The highest BCUT2D eigenvalue weighted by Crippen LogP contribution is 2.37. The first kappa shape index (κ1) is 21.8. The maximum Gasteiger partial charge on any atom is 0.269 e. The van der Waals surface area contributed by atoms with Crippen molar-refractivity contribution >= 4 is 23.2 Å². The van der Waals surface area contributed by atoms with Crippen LogP contribution in [0.4, 0.5) is 0 Å². The van der Waals surface area contributed by atoms with Crippen LogP contribution in [-0.2, 0) is 19.2 Å². The molecule has 1 N–H and O–H groups in total. The predicted molar refractivity (Wildman–Crippen MR) is 114 cm³/mol. The van der Waals surface area contributed by atoms with Gasteiger partial charge in [0, 0.05) is 30.9 Å². The number of nitrogens with zero attached hydrogens (tertiary/aromatic N) is 1. The molecule has 1 amide bonds. The van der Waals surface area contributed by atoms with E-state index in [9.17, 15) is 14.4 Å². The van der Waals surface area contributed by atoms with Crippen LogP contribution in [0.1, 0.15) is 68.2 Å². The minimum Gasteiger partial charge on any atom is -0.389 e. The first-order valence-electron chi connectivity index (χ1n) is 10.3. The van der Waals surface area contributed by atoms with Gasteiger partial charge in [0.25, 0.3) is 5.91 Å². The van der Waals surface area contributed by atoms with Gasteiger partial charge >= 0.3 is 0 Å². The summed E-state index contributed by atoms with van der Waals surface area (Å²) >= 11 is 0. The molecular formula is C24H28N2O4. The molecule has 6 nitrogen and oxygen atoms in total. The maximum atomic E-state index is 13.0. The first-order valence-corrected chi connectivity index (χ1v) is 10.3. The molecule has 1 aliphatic heterocycles. The summed E-state index contributed by atoms with van der Waals surface area (Å²) in [6.45, 7) is 9.67. The molecule has 1 fully saturated rings. The molecule has 6 heteroatoms. The quantitative estimate of drug-likeness (QED) is 0.600. The molecule has 1 aliphatic carbocycles. The molecule has 2 atom stereocenters. The Morgan fingerprint density at radius 3 is 2.50 bits per heavy atom. The fourth-order valence-electron chi connectivity index (χ4n) is 4.28. The van der Waals surface area contributed by atoms with Gasteiger partial charge in [0.1, 0.15) is 23.0 Å². The standard InChI is InChI=1S/C24H28N2O4/c1-6-7-16-10-14(2)20(15(3)11-16)21-19(27)12-17(22(21)28)8-9-25-23(29)18-13-24(4,5)30-26-18/h10-11,17,21H,8-9,12-13H2,1-5H3,(H,25,29). The number of rotatable bonds is 5. The number of carbonyl (C=O) groups is 3. The summed E-state index contributed by atoms with van der Waals surface area (Å²) in [5.74, 6) is 4.41. The smallest absolute Gasteiger partial charge is 0.269 e. The van der Waals surface area contributed by atoms with Crippen molar-refractivity contribution in [2.75, 3.05) is 6.54 Å². The van der Waals surface area contributed by atoms with Crippen LogP contribution in [0.2, 0.25) is 0 Å². The van der Waals surface area contributed by atoms with Crippen LogP contribution in [0.5, 0.6) is 0 Å². The summed E-state index contributed by atoms with van der Waals surface area (Å²) in [5.41, 5.74) is 3.40. The zero-order chi connectivity index (χ0) is 22.1. The lowest BCUT2D eigenvalue weighted by Gasteiger charge is -2.16. The lowest BCUT2D eigenvalue weighted by atomic mass is 9.86. The van der Waals surface area contributed by atoms with Gasteiger partial charge in [0.2, 0.25) is 0 Å². The summed E-state index contributed by atoms with van der Waals surface area (Å²) in [7, 11) is 0. The Kier molecular flexibility index (Phi) is 6.12. The van der Waals surface area contributed by atoms with Crippen LogP contribution < -0.4 is 5.32 Å². The second-order valence-electron chi connectivity index (χ2n) is 8.71. The van der Waals surface area contributed by atoms with Gasteiger partial charge in [-0.15, -0.1) is 5.92 Å². The Morgan fingerprint density at radius 1 is 1.27 bits per heavy atom. The Balaban J connectivity index is 1.64. The average molecular weight is 408 g/mol. The van der Waals surface area contributed by atoms with E-state index >= 15 is 0 Å². The normalized spacial score (nSPS) is 22.2. The average Bonchev–Trinajstić information content (AvgIpc) is 3.15. The zero-order valence-corrected chi connectivity index (χ0v) is 18.2. The number of hydrogen-bond donors (Lipinski definition) is 1. The van der Waals surface area contributed by atoms with E-state index < -0.39 is 11.5 Å². The minimum absolute atomic E-state index is 0.0489. The van der Waals surface area contributed by atoms with E-state index in [1.807, 2.05) is 39.8 Å². The molecule has 1 heterocycles. The van der Waals surface area contributed by atoms with Gasteiger partial charge in [0.05, 0.1) is 0 Å². The lowest BCUT2D eigenvalue weighted by Crippen LogP contribution is -2.34. The molecule has 2 unspecified atom stereocenters. The molecule has 0 bridgehead atoms. The van der Waals surface area contributed by atoms with Gasteiger partial charge in [-0.2, -0.15) is 0 Å². The van der Waals surface area contributed by atoms with E-state index in [2.05, 4.69) is 22.3 Å². The van der Waals surface area contributed by atoms with Crippen LogP contribution in [0.15, 0.2) is 17.3 Å². The molecule has 158 valence electrons. The fraction of sp³-hybridized carbons (Fsp3) is 0.500. The molecule has 1 saturated carbocycles. The predicted octanol–water partition coefficient (Wildman–Crippen LogP) is 2.98. The third-order valence-corrected chi connectivity index (χ3v) is 5.64. The number of ketones is 2. The van der Waals surface area contributed by atoms with E-state index in [-0.39, 0.29) is 29.8 Å². The third kappa shape index (κ3) is 4.46. The van der Waals surface area contributed by atoms with Gasteiger partial charge in [-0.05, 0) is 69.9 Å². The molecule has 2 aliphatic rings. The number of oxime groups is 1. The molecule has 0 aromatic heterocycles. The van der Waals surface area contributed by atoms with Gasteiger partial charge in [-0.25, -0.2) is 0 Å². The van der Waals surface area contributed by atoms with Crippen LogP contribution in [0, 0.1) is 31.6 Å². The van der Waals surface area contributed by atoms with Crippen LogP contribution >= 0.6 is 0 Å². The zero-order valence-electron chi connectivity index (χ0n) is 18.2. The largest absolute Gasteiger partial charge is 0.389 e. The number of carbonyl (C=O) groups excluding carboxylic acids is 3. The summed E-state index contributed by atoms with van der Waals surface area (Å²) in [5, 5.41) is 6.63. The molecule has 1 aromatic carbocycles. The summed E-state index contributed by atoms with van der Waals surface area (Å²) in [6, 6.07) is 3.86. The highest BCUT2D eigenvalue weighted by atomic mass is 16.7. The number of amides is 1. The van der Waals surface area contributed by atoms with Crippen molar-refractivity contribution in [1.82, 2.24) is 5.32 Å². The van der Waals surface area contributed by atoms with Crippen LogP contribution in [0.3, 0.4) is 0 Å². The Hall–Kier alpha value is -2.94. The Labute approximate surface area is 177 Å². The highest BCUT2D eigenvalue weighted by Gasteiger charge is 2.43. The van der Waals surface area contributed by atoms with Gasteiger partial charge in [0.15, 0.2) is 5.78 Å². The van der Waals surface area contributed by atoms with Crippen molar-refractivity contribution in [3.8, 4) is 11.8 Å². The molecule has 3 rings (SSSR count). The van der Waals surface area contributed by atoms with Gasteiger partial charge < -0.3 is 10.2 Å². The van der Waals surface area contributed by atoms with Crippen molar-refractivity contribution in [2.24, 2.45) is 11.1 Å². The third-order valence-electron chi connectivity index (χ3n) is 5.64. The van der Waals surface area contributed by atoms with Crippen molar-refractivity contribution in [3.05, 3.63) is 34.4 Å². The fourth-order valence-corrected chi connectivity index (χ4v) is 4.28. The van der Waals surface area contributed by atoms with Crippen molar-refractivity contribution in [2.45, 2.75) is 65.4 Å².